The number of fused-ring (bicyclic) bond motifs is 1. The highest BCUT2D eigenvalue weighted by molar-refractivity contribution is 6.31. The summed E-state index contributed by atoms with van der Waals surface area (Å²) in [4.78, 5) is 0. The summed E-state index contributed by atoms with van der Waals surface area (Å²) in [6.07, 6.45) is -5.41. The molecule has 0 bridgehead atoms. The molecule has 0 aromatic heterocycles. The largest absolute Gasteiger partial charge is 0.426 e. The van der Waals surface area contributed by atoms with Crippen LogP contribution in [-0.4, -0.2) is 6.18 Å². The lowest BCUT2D eigenvalue weighted by atomic mass is 9.97. The van der Waals surface area contributed by atoms with Gasteiger partial charge in [-0.15, -0.1) is 0 Å². The quantitative estimate of drug-likeness (QED) is 0.599. The van der Waals surface area contributed by atoms with Crippen LogP contribution in [0.2, 0.25) is 5.02 Å². The van der Waals surface area contributed by atoms with Gasteiger partial charge in [0, 0.05) is 10.6 Å². The first-order valence-electron chi connectivity index (χ1n) is 4.40. The highest BCUT2D eigenvalue weighted by atomic mass is 35.5. The monoisotopic (exact) mass is 238 g/mol. The van der Waals surface area contributed by atoms with Gasteiger partial charge in [0.1, 0.15) is 0 Å². The van der Waals surface area contributed by atoms with Crippen molar-refractivity contribution in [3.05, 3.63) is 34.3 Å². The van der Waals surface area contributed by atoms with Crippen LogP contribution in [0.15, 0.2) is 18.2 Å². The maximum absolute atomic E-state index is 13.8. The van der Waals surface area contributed by atoms with Crippen molar-refractivity contribution >= 4 is 11.6 Å². The second kappa shape index (κ2) is 3.11. The molecule has 0 saturated carbocycles. The van der Waals surface area contributed by atoms with E-state index in [1.54, 1.807) is 0 Å². The summed E-state index contributed by atoms with van der Waals surface area (Å²) in [6.45, 7) is 0. The third-order valence-electron chi connectivity index (χ3n) is 2.71. The topological polar surface area (TPSA) is 0 Å². The van der Waals surface area contributed by atoms with Gasteiger partial charge in [-0.3, -0.25) is 0 Å². The van der Waals surface area contributed by atoms with Crippen LogP contribution in [-0.2, 0) is 12.1 Å². The zero-order valence-electron chi connectivity index (χ0n) is 7.54. The Morgan fingerprint density at radius 2 is 1.93 bits per heavy atom. The lowest BCUT2D eigenvalue weighted by Gasteiger charge is -2.24. The van der Waals surface area contributed by atoms with Gasteiger partial charge in [-0.25, -0.2) is 4.39 Å². The molecular formula is C10H7ClF4. The summed E-state index contributed by atoms with van der Waals surface area (Å²) in [6, 6.07) is 3.97. The predicted octanol–water partition coefficient (Wildman–Crippen LogP) is 4.01. The van der Waals surface area contributed by atoms with Crippen LogP contribution < -0.4 is 0 Å². The Morgan fingerprint density at radius 3 is 2.53 bits per heavy atom. The van der Waals surface area contributed by atoms with Crippen LogP contribution in [0, 0.1) is 0 Å². The van der Waals surface area contributed by atoms with Crippen LogP contribution in [0.25, 0.3) is 0 Å². The van der Waals surface area contributed by atoms with E-state index < -0.39 is 18.3 Å². The van der Waals surface area contributed by atoms with E-state index in [2.05, 4.69) is 0 Å². The molecule has 82 valence electrons. The number of halogens is 5. The molecule has 1 atom stereocenters. The van der Waals surface area contributed by atoms with Gasteiger partial charge in [-0.2, -0.15) is 13.2 Å². The molecule has 15 heavy (non-hydrogen) atoms. The molecule has 0 saturated heterocycles. The Morgan fingerprint density at radius 1 is 1.27 bits per heavy atom. The van der Waals surface area contributed by atoms with Gasteiger partial charge in [0.2, 0.25) is 5.67 Å². The maximum Gasteiger partial charge on any atom is 0.426 e. The Hall–Kier alpha value is -0.770. The standard InChI is InChI=1S/C10H7ClF4/c11-8-3-1-2-7-6(8)4-5-9(7,12)10(13,14)15/h1-3H,4-5H2. The molecule has 0 amide bonds. The smallest absolute Gasteiger partial charge is 0.229 e. The van der Waals surface area contributed by atoms with Crippen LogP contribution in [0.4, 0.5) is 17.6 Å². The van der Waals surface area contributed by atoms with E-state index in [4.69, 9.17) is 11.6 Å². The SMILES string of the molecule is FC(F)(F)C1(F)CCc2c(Cl)cccc21. The second-order valence-corrected chi connectivity index (χ2v) is 3.97. The predicted molar refractivity (Wildman–Crippen MR) is 48.6 cm³/mol. The fourth-order valence-electron chi connectivity index (χ4n) is 1.91. The number of alkyl halides is 4. The van der Waals surface area contributed by atoms with Gasteiger partial charge >= 0.3 is 6.18 Å². The average Bonchev–Trinajstić information content (AvgIpc) is 2.46. The van der Waals surface area contributed by atoms with Gasteiger partial charge in [0.25, 0.3) is 0 Å². The molecule has 0 N–H and O–H groups in total. The summed E-state index contributed by atoms with van der Waals surface area (Å²) in [5.41, 5.74) is -3.28. The number of hydrogen-bond acceptors (Lipinski definition) is 0. The molecule has 1 aromatic carbocycles. The lowest BCUT2D eigenvalue weighted by Crippen LogP contribution is -2.35. The van der Waals surface area contributed by atoms with Crippen molar-refractivity contribution in [1.82, 2.24) is 0 Å². The Labute approximate surface area is 88.9 Å². The van der Waals surface area contributed by atoms with Gasteiger partial charge < -0.3 is 0 Å². The van der Waals surface area contributed by atoms with Gasteiger partial charge in [0.15, 0.2) is 0 Å². The summed E-state index contributed by atoms with van der Waals surface area (Å²) in [7, 11) is 0. The third-order valence-corrected chi connectivity index (χ3v) is 3.07. The van der Waals surface area contributed by atoms with Crippen molar-refractivity contribution in [2.24, 2.45) is 0 Å². The highest BCUT2D eigenvalue weighted by Crippen LogP contribution is 2.52. The van der Waals surface area contributed by atoms with Crippen LogP contribution in [0.5, 0.6) is 0 Å². The first kappa shape index (κ1) is 10.7. The normalized spacial score (nSPS) is 25.4. The van der Waals surface area contributed by atoms with Crippen molar-refractivity contribution in [3.63, 3.8) is 0 Å². The first-order chi connectivity index (χ1) is 6.86. The number of rotatable bonds is 0. The van der Waals surface area contributed by atoms with Crippen molar-refractivity contribution in [1.29, 1.82) is 0 Å². The summed E-state index contributed by atoms with van der Waals surface area (Å²) < 4.78 is 51.4. The molecule has 0 spiro atoms. The molecule has 2 rings (SSSR count). The first-order valence-corrected chi connectivity index (χ1v) is 4.77. The van der Waals surface area contributed by atoms with Crippen molar-refractivity contribution in [2.45, 2.75) is 24.7 Å². The molecule has 0 fully saturated rings. The van der Waals surface area contributed by atoms with Crippen LogP contribution in [0.1, 0.15) is 17.5 Å². The molecule has 0 heterocycles. The highest BCUT2D eigenvalue weighted by Gasteiger charge is 2.60. The van der Waals surface area contributed by atoms with E-state index in [0.717, 1.165) is 6.07 Å². The van der Waals surface area contributed by atoms with Gasteiger partial charge in [0.05, 0.1) is 0 Å². The molecule has 1 aliphatic carbocycles. The van der Waals surface area contributed by atoms with E-state index in [0.29, 0.717) is 0 Å². The Kier molecular flexibility index (Phi) is 2.23. The van der Waals surface area contributed by atoms with Crippen LogP contribution >= 0.6 is 11.6 Å². The fraction of sp³-hybridized carbons (Fsp3) is 0.400. The van der Waals surface area contributed by atoms with Crippen LogP contribution in [0.3, 0.4) is 0 Å². The molecule has 0 radical (unpaired) electrons. The maximum atomic E-state index is 13.8. The summed E-state index contributed by atoms with van der Waals surface area (Å²) in [5.74, 6) is 0. The average molecular weight is 239 g/mol. The number of benzene rings is 1. The van der Waals surface area contributed by atoms with E-state index >= 15 is 0 Å². The van der Waals surface area contributed by atoms with Crippen molar-refractivity contribution in [3.8, 4) is 0 Å². The number of hydrogen-bond donors (Lipinski definition) is 0. The molecule has 1 aromatic rings. The Balaban J connectivity index is 2.58. The zero-order chi connectivity index (χ0) is 11.3. The van der Waals surface area contributed by atoms with E-state index in [9.17, 15) is 17.6 Å². The van der Waals surface area contributed by atoms with E-state index in [1.165, 1.54) is 12.1 Å². The second-order valence-electron chi connectivity index (χ2n) is 3.56. The molecule has 0 aliphatic heterocycles. The molecule has 1 unspecified atom stereocenters. The molecule has 0 nitrogen and oxygen atoms in total. The minimum Gasteiger partial charge on any atom is -0.229 e. The molecule has 5 heteroatoms. The summed E-state index contributed by atoms with van der Waals surface area (Å²) >= 11 is 5.71. The molecule has 1 aliphatic rings. The lowest BCUT2D eigenvalue weighted by molar-refractivity contribution is -0.234. The zero-order valence-corrected chi connectivity index (χ0v) is 8.29. The van der Waals surface area contributed by atoms with Crippen molar-refractivity contribution in [2.75, 3.05) is 0 Å². The van der Waals surface area contributed by atoms with Gasteiger partial charge in [-0.05, 0) is 24.5 Å². The molecular weight excluding hydrogens is 232 g/mol. The third kappa shape index (κ3) is 1.42. The Bertz CT molecular complexity index is 399. The minimum atomic E-state index is -4.87. The van der Waals surface area contributed by atoms with E-state index in [-0.39, 0.29) is 22.6 Å². The summed E-state index contributed by atoms with van der Waals surface area (Å²) in [5, 5.41) is 0.205. The van der Waals surface area contributed by atoms with E-state index in [1.807, 2.05) is 0 Å². The fourth-order valence-corrected chi connectivity index (χ4v) is 2.18. The minimum absolute atomic E-state index is 0.0328. The van der Waals surface area contributed by atoms with Crippen molar-refractivity contribution < 1.29 is 17.6 Å². The van der Waals surface area contributed by atoms with Gasteiger partial charge in [-0.1, -0.05) is 23.7 Å².